The van der Waals surface area contributed by atoms with E-state index in [1.165, 1.54) is 17.2 Å². The molecule has 3 heteroatoms. The van der Waals surface area contributed by atoms with Crippen molar-refractivity contribution in [2.75, 3.05) is 6.54 Å². The van der Waals surface area contributed by atoms with Crippen molar-refractivity contribution >= 4 is 15.9 Å². The molecule has 2 aromatic carbocycles. The second-order valence-electron chi connectivity index (χ2n) is 5.35. The third-order valence-corrected chi connectivity index (χ3v) is 4.02. The molecule has 1 atom stereocenters. The highest BCUT2D eigenvalue weighted by molar-refractivity contribution is 9.10. The van der Waals surface area contributed by atoms with Gasteiger partial charge in [-0.15, -0.1) is 0 Å². The number of nitrogens with one attached hydrogen (secondary N) is 1. The molecule has 0 aromatic heterocycles. The molecule has 0 fully saturated rings. The summed E-state index contributed by atoms with van der Waals surface area (Å²) in [5, 5.41) is 3.58. The van der Waals surface area contributed by atoms with E-state index in [-0.39, 0.29) is 11.9 Å². The quantitative estimate of drug-likeness (QED) is 0.757. The van der Waals surface area contributed by atoms with Crippen molar-refractivity contribution in [3.63, 3.8) is 0 Å². The highest BCUT2D eigenvalue weighted by atomic mass is 79.9. The van der Waals surface area contributed by atoms with Gasteiger partial charge in [0.05, 0.1) is 0 Å². The Hall–Kier alpha value is -1.19. The topological polar surface area (TPSA) is 12.0 Å². The summed E-state index contributed by atoms with van der Waals surface area (Å²) in [5.41, 5.74) is 3.55. The molecule has 2 rings (SSSR count). The minimum atomic E-state index is -0.196. The molecule has 112 valence electrons. The van der Waals surface area contributed by atoms with Crippen LogP contribution in [-0.4, -0.2) is 6.54 Å². The van der Waals surface area contributed by atoms with Gasteiger partial charge in [-0.25, -0.2) is 4.39 Å². The fourth-order valence-electron chi connectivity index (χ4n) is 2.55. The Morgan fingerprint density at radius 3 is 2.62 bits per heavy atom. The van der Waals surface area contributed by atoms with Crippen molar-refractivity contribution in [3.05, 3.63) is 69.4 Å². The van der Waals surface area contributed by atoms with Crippen LogP contribution in [0.25, 0.3) is 0 Å². The molecule has 0 radical (unpaired) electrons. The molecule has 0 aliphatic carbocycles. The first-order valence-electron chi connectivity index (χ1n) is 7.34. The fourth-order valence-corrected chi connectivity index (χ4v) is 3.07. The molecule has 0 spiro atoms. The van der Waals surface area contributed by atoms with Crippen molar-refractivity contribution in [1.82, 2.24) is 5.32 Å². The minimum absolute atomic E-state index is 0.196. The molecule has 1 unspecified atom stereocenters. The Bertz CT molecular complexity index is 577. The predicted octanol–water partition coefficient (Wildman–Crippen LogP) is 5.18. The average molecular weight is 350 g/mol. The van der Waals surface area contributed by atoms with E-state index < -0.39 is 0 Å². The summed E-state index contributed by atoms with van der Waals surface area (Å²) in [5.74, 6) is -0.196. The van der Waals surface area contributed by atoms with Crippen LogP contribution in [0.2, 0.25) is 0 Å². The van der Waals surface area contributed by atoms with E-state index in [4.69, 9.17) is 0 Å². The summed E-state index contributed by atoms with van der Waals surface area (Å²) in [4.78, 5) is 0. The van der Waals surface area contributed by atoms with Crippen molar-refractivity contribution < 1.29 is 4.39 Å². The van der Waals surface area contributed by atoms with E-state index in [0.29, 0.717) is 0 Å². The van der Waals surface area contributed by atoms with E-state index in [1.54, 1.807) is 6.07 Å². The molecule has 2 aromatic rings. The molecule has 0 aliphatic rings. The zero-order chi connectivity index (χ0) is 15.2. The standard InChI is InChI=1S/C18H21BrFN/c1-3-8-21-18(17-7-5-4-6-13(17)2)11-14-9-15(19)12-16(20)10-14/h4-7,9-10,12,18,21H,3,8,11H2,1-2H3. The third kappa shape index (κ3) is 4.65. The van der Waals surface area contributed by atoms with Gasteiger partial charge in [0, 0.05) is 10.5 Å². The van der Waals surface area contributed by atoms with E-state index in [2.05, 4.69) is 59.4 Å². The maximum atomic E-state index is 13.6. The molecule has 0 bridgehead atoms. The van der Waals surface area contributed by atoms with Gasteiger partial charge < -0.3 is 5.32 Å². The van der Waals surface area contributed by atoms with Crippen LogP contribution in [0.15, 0.2) is 46.9 Å². The number of rotatable bonds is 6. The van der Waals surface area contributed by atoms with E-state index in [0.717, 1.165) is 29.4 Å². The van der Waals surface area contributed by atoms with Crippen molar-refractivity contribution in [3.8, 4) is 0 Å². The lowest BCUT2D eigenvalue weighted by Crippen LogP contribution is -2.24. The van der Waals surface area contributed by atoms with Gasteiger partial charge in [0.15, 0.2) is 0 Å². The van der Waals surface area contributed by atoms with E-state index in [1.807, 2.05) is 6.07 Å². The smallest absolute Gasteiger partial charge is 0.124 e. The SMILES string of the molecule is CCCNC(Cc1cc(F)cc(Br)c1)c1ccccc1C. The lowest BCUT2D eigenvalue weighted by atomic mass is 9.95. The second kappa shape index (κ2) is 7.71. The largest absolute Gasteiger partial charge is 0.310 e. The van der Waals surface area contributed by atoms with Crippen molar-refractivity contribution in [2.24, 2.45) is 0 Å². The van der Waals surface area contributed by atoms with E-state index >= 15 is 0 Å². The lowest BCUT2D eigenvalue weighted by Gasteiger charge is -2.21. The molecule has 0 saturated carbocycles. The first-order chi connectivity index (χ1) is 10.1. The van der Waals surface area contributed by atoms with Crippen LogP contribution in [0.1, 0.15) is 36.1 Å². The maximum absolute atomic E-state index is 13.6. The van der Waals surface area contributed by atoms with Crippen LogP contribution in [0, 0.1) is 12.7 Å². The van der Waals surface area contributed by atoms with Crippen molar-refractivity contribution in [2.45, 2.75) is 32.7 Å². The van der Waals surface area contributed by atoms with Gasteiger partial charge in [-0.1, -0.05) is 47.1 Å². The Morgan fingerprint density at radius 1 is 1.19 bits per heavy atom. The molecular formula is C18H21BrFN. The number of benzene rings is 2. The first kappa shape index (κ1) is 16.2. The van der Waals surface area contributed by atoms with Gasteiger partial charge in [-0.2, -0.15) is 0 Å². The van der Waals surface area contributed by atoms with Crippen LogP contribution in [0.3, 0.4) is 0 Å². The van der Waals surface area contributed by atoms with Crippen molar-refractivity contribution in [1.29, 1.82) is 0 Å². The molecule has 0 saturated heterocycles. The summed E-state index contributed by atoms with van der Waals surface area (Å²) in [6.07, 6.45) is 1.86. The molecular weight excluding hydrogens is 329 g/mol. The number of aryl methyl sites for hydroxylation is 1. The normalized spacial score (nSPS) is 12.4. The number of halogens is 2. The number of hydrogen-bond acceptors (Lipinski definition) is 1. The maximum Gasteiger partial charge on any atom is 0.124 e. The van der Waals surface area contributed by atoms with Gasteiger partial charge in [0.25, 0.3) is 0 Å². The third-order valence-electron chi connectivity index (χ3n) is 3.57. The summed E-state index contributed by atoms with van der Waals surface area (Å²) >= 11 is 3.37. The lowest BCUT2D eigenvalue weighted by molar-refractivity contribution is 0.525. The first-order valence-corrected chi connectivity index (χ1v) is 8.13. The van der Waals surface area contributed by atoms with Gasteiger partial charge in [0.2, 0.25) is 0 Å². The average Bonchev–Trinajstić information content (AvgIpc) is 2.43. The fraction of sp³-hybridized carbons (Fsp3) is 0.333. The number of hydrogen-bond donors (Lipinski definition) is 1. The minimum Gasteiger partial charge on any atom is -0.310 e. The van der Waals surface area contributed by atoms with Crippen LogP contribution < -0.4 is 5.32 Å². The summed E-state index contributed by atoms with van der Waals surface area (Å²) in [7, 11) is 0. The molecule has 1 N–H and O–H groups in total. The Morgan fingerprint density at radius 2 is 1.95 bits per heavy atom. The highest BCUT2D eigenvalue weighted by Crippen LogP contribution is 2.24. The van der Waals surface area contributed by atoms with Gasteiger partial charge in [-0.05, 0) is 61.2 Å². The van der Waals surface area contributed by atoms with Crippen LogP contribution >= 0.6 is 15.9 Å². The van der Waals surface area contributed by atoms with Crippen LogP contribution in [0.5, 0.6) is 0 Å². The summed E-state index contributed by atoms with van der Waals surface area (Å²) < 4.78 is 14.4. The Labute approximate surface area is 134 Å². The molecule has 0 amide bonds. The monoisotopic (exact) mass is 349 g/mol. The zero-order valence-electron chi connectivity index (χ0n) is 12.5. The molecule has 1 nitrogen and oxygen atoms in total. The molecule has 21 heavy (non-hydrogen) atoms. The molecule has 0 heterocycles. The van der Waals surface area contributed by atoms with Crippen LogP contribution in [0.4, 0.5) is 4.39 Å². The molecule has 0 aliphatic heterocycles. The van der Waals surface area contributed by atoms with Gasteiger partial charge >= 0.3 is 0 Å². The van der Waals surface area contributed by atoms with Crippen LogP contribution in [-0.2, 0) is 6.42 Å². The zero-order valence-corrected chi connectivity index (χ0v) is 14.1. The second-order valence-corrected chi connectivity index (χ2v) is 6.26. The Balaban J connectivity index is 2.26. The highest BCUT2D eigenvalue weighted by Gasteiger charge is 2.14. The summed E-state index contributed by atoms with van der Waals surface area (Å²) in [6.45, 7) is 5.23. The Kier molecular flexibility index (Phi) is 5.95. The summed E-state index contributed by atoms with van der Waals surface area (Å²) in [6, 6.07) is 13.7. The van der Waals surface area contributed by atoms with Gasteiger partial charge in [-0.3, -0.25) is 0 Å². The predicted molar refractivity (Wildman–Crippen MR) is 90.0 cm³/mol. The van der Waals surface area contributed by atoms with E-state index in [9.17, 15) is 4.39 Å². The van der Waals surface area contributed by atoms with Gasteiger partial charge in [0.1, 0.15) is 5.82 Å².